The highest BCUT2D eigenvalue weighted by Gasteiger charge is 2.22. The van der Waals surface area contributed by atoms with Crippen LogP contribution in [0.25, 0.3) is 10.4 Å². The molecular weight excluding hydrogens is 312 g/mol. The molecule has 0 radical (unpaired) electrons. The Hall–Kier alpha value is -2.18. The average Bonchev–Trinajstić information content (AvgIpc) is 3.26. The number of nitrogens with one attached hydrogen (secondary N) is 1. The normalized spacial score (nSPS) is 13.7. The van der Waals surface area contributed by atoms with Crippen molar-refractivity contribution in [3.05, 3.63) is 42.0 Å². The smallest absolute Gasteiger partial charge is 0.251 e. The number of rotatable bonds is 7. The van der Waals surface area contributed by atoms with Gasteiger partial charge in [0, 0.05) is 4.88 Å². The molecule has 120 valence electrons. The lowest BCUT2D eigenvalue weighted by Gasteiger charge is -2.05. The standard InChI is InChI=1S/C17H18N2O3S/c18-16(21)13-8-14(12-4-2-1-3-5-12)23-17(13)19-15(20)10-22-9-11-6-7-11/h1-5,8,11H,6-7,9-10H2,(H2,18,21)(H,19,20). The Morgan fingerprint density at radius 1 is 1.26 bits per heavy atom. The summed E-state index contributed by atoms with van der Waals surface area (Å²) in [5.74, 6) is -0.220. The summed E-state index contributed by atoms with van der Waals surface area (Å²) in [6, 6.07) is 11.4. The van der Waals surface area contributed by atoms with Crippen LogP contribution in [0, 0.1) is 5.92 Å². The lowest BCUT2D eigenvalue weighted by Crippen LogP contribution is -2.20. The molecule has 1 aromatic carbocycles. The third-order valence-corrected chi connectivity index (χ3v) is 4.69. The molecule has 1 saturated carbocycles. The summed E-state index contributed by atoms with van der Waals surface area (Å²) in [6.07, 6.45) is 2.36. The van der Waals surface area contributed by atoms with E-state index in [0.717, 1.165) is 10.4 Å². The summed E-state index contributed by atoms with van der Waals surface area (Å²) >= 11 is 1.33. The minimum atomic E-state index is -0.558. The number of benzene rings is 1. The summed E-state index contributed by atoms with van der Waals surface area (Å²) in [6.45, 7) is 0.614. The van der Waals surface area contributed by atoms with Crippen LogP contribution in [-0.4, -0.2) is 25.0 Å². The fourth-order valence-corrected chi connectivity index (χ4v) is 3.26. The molecule has 6 heteroatoms. The molecule has 1 aliphatic carbocycles. The molecule has 5 nitrogen and oxygen atoms in total. The Bertz CT molecular complexity index is 708. The van der Waals surface area contributed by atoms with Crippen LogP contribution >= 0.6 is 11.3 Å². The highest BCUT2D eigenvalue weighted by atomic mass is 32.1. The fourth-order valence-electron chi connectivity index (χ4n) is 2.18. The van der Waals surface area contributed by atoms with Crippen molar-refractivity contribution in [3.8, 4) is 10.4 Å². The first-order valence-corrected chi connectivity index (χ1v) is 8.32. The van der Waals surface area contributed by atoms with Crippen LogP contribution in [0.5, 0.6) is 0 Å². The van der Waals surface area contributed by atoms with E-state index in [4.69, 9.17) is 10.5 Å². The Morgan fingerprint density at radius 3 is 2.65 bits per heavy atom. The van der Waals surface area contributed by atoms with Gasteiger partial charge in [-0.1, -0.05) is 30.3 Å². The Morgan fingerprint density at radius 2 is 2.00 bits per heavy atom. The van der Waals surface area contributed by atoms with Crippen LogP contribution in [0.3, 0.4) is 0 Å². The van der Waals surface area contributed by atoms with Gasteiger partial charge in [-0.25, -0.2) is 0 Å². The summed E-state index contributed by atoms with van der Waals surface area (Å²) < 4.78 is 5.36. The van der Waals surface area contributed by atoms with Crippen LogP contribution in [-0.2, 0) is 9.53 Å². The number of carbonyl (C=O) groups is 2. The molecule has 0 spiro atoms. The van der Waals surface area contributed by atoms with Gasteiger partial charge in [0.15, 0.2) is 0 Å². The molecule has 1 heterocycles. The van der Waals surface area contributed by atoms with E-state index in [0.29, 0.717) is 23.1 Å². The monoisotopic (exact) mass is 330 g/mol. The van der Waals surface area contributed by atoms with Crippen LogP contribution in [0.4, 0.5) is 5.00 Å². The van der Waals surface area contributed by atoms with Crippen LogP contribution in [0.15, 0.2) is 36.4 Å². The number of carbonyl (C=O) groups excluding carboxylic acids is 2. The topological polar surface area (TPSA) is 81.4 Å². The number of primary amides is 1. The molecule has 0 saturated heterocycles. The molecule has 23 heavy (non-hydrogen) atoms. The minimum Gasteiger partial charge on any atom is -0.371 e. The van der Waals surface area contributed by atoms with E-state index in [-0.39, 0.29) is 12.5 Å². The van der Waals surface area contributed by atoms with Gasteiger partial charge in [-0.05, 0) is 30.4 Å². The number of nitrogens with two attached hydrogens (primary N) is 1. The SMILES string of the molecule is NC(=O)c1cc(-c2ccccc2)sc1NC(=O)COCC1CC1. The van der Waals surface area contributed by atoms with Crippen LogP contribution in [0.1, 0.15) is 23.2 Å². The molecule has 0 aliphatic heterocycles. The number of hydrogen-bond donors (Lipinski definition) is 2. The molecule has 0 bridgehead atoms. The first kappa shape index (κ1) is 15.7. The fraction of sp³-hybridized carbons (Fsp3) is 0.294. The number of amides is 2. The van der Waals surface area contributed by atoms with Crippen molar-refractivity contribution in [3.63, 3.8) is 0 Å². The maximum Gasteiger partial charge on any atom is 0.251 e. The Labute approximate surface area is 138 Å². The predicted molar refractivity (Wildman–Crippen MR) is 90.4 cm³/mol. The first-order chi connectivity index (χ1) is 11.1. The number of ether oxygens (including phenoxy) is 1. The Balaban J connectivity index is 1.70. The van der Waals surface area contributed by atoms with Gasteiger partial charge in [0.2, 0.25) is 0 Å². The molecule has 2 aromatic rings. The zero-order valence-corrected chi connectivity index (χ0v) is 13.4. The van der Waals surface area contributed by atoms with Crippen LogP contribution in [0.2, 0.25) is 0 Å². The zero-order valence-electron chi connectivity index (χ0n) is 12.6. The second-order valence-electron chi connectivity index (χ2n) is 5.59. The molecule has 0 atom stereocenters. The van der Waals surface area contributed by atoms with Gasteiger partial charge in [-0.2, -0.15) is 0 Å². The van der Waals surface area contributed by atoms with Gasteiger partial charge in [0.25, 0.3) is 11.8 Å². The number of hydrogen-bond acceptors (Lipinski definition) is 4. The van der Waals surface area contributed by atoms with E-state index >= 15 is 0 Å². The molecule has 2 amide bonds. The second-order valence-corrected chi connectivity index (χ2v) is 6.64. The molecule has 1 aromatic heterocycles. The minimum absolute atomic E-state index is 0.00667. The van der Waals surface area contributed by atoms with Crippen molar-refractivity contribution in [2.24, 2.45) is 11.7 Å². The lowest BCUT2D eigenvalue weighted by molar-refractivity contribution is -0.120. The van der Waals surface area contributed by atoms with E-state index in [1.807, 2.05) is 30.3 Å². The largest absolute Gasteiger partial charge is 0.371 e. The summed E-state index contributed by atoms with van der Waals surface area (Å²) in [7, 11) is 0. The van der Waals surface area contributed by atoms with E-state index < -0.39 is 5.91 Å². The average molecular weight is 330 g/mol. The molecular formula is C17H18N2O3S. The maximum atomic E-state index is 12.0. The Kier molecular flexibility index (Phi) is 4.73. The van der Waals surface area contributed by atoms with Crippen molar-refractivity contribution in [2.75, 3.05) is 18.5 Å². The quantitative estimate of drug-likeness (QED) is 0.819. The number of anilines is 1. The van der Waals surface area contributed by atoms with Crippen molar-refractivity contribution in [2.45, 2.75) is 12.8 Å². The van der Waals surface area contributed by atoms with E-state index in [1.54, 1.807) is 6.07 Å². The zero-order chi connectivity index (χ0) is 16.2. The second kappa shape index (κ2) is 6.93. The van der Waals surface area contributed by atoms with Gasteiger partial charge in [0.1, 0.15) is 11.6 Å². The van der Waals surface area contributed by atoms with E-state index in [2.05, 4.69) is 5.32 Å². The molecule has 0 unspecified atom stereocenters. The summed E-state index contributed by atoms with van der Waals surface area (Å²) in [5, 5.41) is 3.20. The molecule has 3 rings (SSSR count). The van der Waals surface area contributed by atoms with Gasteiger partial charge in [-0.15, -0.1) is 11.3 Å². The van der Waals surface area contributed by atoms with Crippen molar-refractivity contribution < 1.29 is 14.3 Å². The van der Waals surface area contributed by atoms with Gasteiger partial charge in [-0.3, -0.25) is 9.59 Å². The van der Waals surface area contributed by atoms with Crippen molar-refractivity contribution in [1.29, 1.82) is 0 Å². The van der Waals surface area contributed by atoms with Crippen molar-refractivity contribution in [1.82, 2.24) is 0 Å². The number of thiophene rings is 1. The highest BCUT2D eigenvalue weighted by Crippen LogP contribution is 2.35. The molecule has 1 fully saturated rings. The molecule has 1 aliphatic rings. The maximum absolute atomic E-state index is 12.0. The molecule has 3 N–H and O–H groups in total. The van der Waals surface area contributed by atoms with Gasteiger partial charge in [0.05, 0.1) is 12.2 Å². The van der Waals surface area contributed by atoms with Crippen LogP contribution < -0.4 is 11.1 Å². The summed E-state index contributed by atoms with van der Waals surface area (Å²) in [4.78, 5) is 24.4. The van der Waals surface area contributed by atoms with Gasteiger partial charge >= 0.3 is 0 Å². The third kappa shape index (κ3) is 4.18. The highest BCUT2D eigenvalue weighted by molar-refractivity contribution is 7.20. The first-order valence-electron chi connectivity index (χ1n) is 7.50. The van der Waals surface area contributed by atoms with Crippen molar-refractivity contribution >= 4 is 28.2 Å². The third-order valence-electron chi connectivity index (χ3n) is 3.59. The summed E-state index contributed by atoms with van der Waals surface area (Å²) in [5.41, 5.74) is 6.72. The lowest BCUT2D eigenvalue weighted by atomic mass is 10.1. The predicted octanol–water partition coefficient (Wildman–Crippen LogP) is 2.88. The van der Waals surface area contributed by atoms with E-state index in [9.17, 15) is 9.59 Å². The van der Waals surface area contributed by atoms with Gasteiger partial charge < -0.3 is 15.8 Å². The van der Waals surface area contributed by atoms with E-state index in [1.165, 1.54) is 24.2 Å².